The van der Waals surface area contributed by atoms with E-state index in [4.69, 9.17) is 4.74 Å². The minimum atomic E-state index is 0. The summed E-state index contributed by atoms with van der Waals surface area (Å²) in [6.07, 6.45) is 3.59. The van der Waals surface area contributed by atoms with E-state index in [1.807, 2.05) is 13.0 Å². The average molecular weight is 477 g/mol. The minimum Gasteiger partial charge on any atom is -0.380 e. The monoisotopic (exact) mass is 477 g/mol. The Morgan fingerprint density at radius 3 is 2.54 bits per heavy atom. The van der Waals surface area contributed by atoms with Gasteiger partial charge in [0.25, 0.3) is 0 Å². The molecular formula is C17H32IN7O. The Bertz CT molecular complexity index is 495. The fraction of sp³-hybridized carbons (Fsp3) is 0.706. The maximum absolute atomic E-state index is 5.34. The van der Waals surface area contributed by atoms with E-state index < -0.39 is 0 Å². The van der Waals surface area contributed by atoms with Crippen molar-refractivity contribution in [2.24, 2.45) is 4.99 Å². The third-order valence-corrected chi connectivity index (χ3v) is 3.98. The van der Waals surface area contributed by atoms with E-state index in [1.54, 1.807) is 12.4 Å². The summed E-state index contributed by atoms with van der Waals surface area (Å²) in [7, 11) is 0. The van der Waals surface area contributed by atoms with Gasteiger partial charge in [-0.25, -0.2) is 9.97 Å². The van der Waals surface area contributed by atoms with Crippen molar-refractivity contribution in [1.29, 1.82) is 0 Å². The van der Waals surface area contributed by atoms with Gasteiger partial charge in [0.1, 0.15) is 0 Å². The number of anilines is 1. The van der Waals surface area contributed by atoms with E-state index in [2.05, 4.69) is 42.3 Å². The molecule has 26 heavy (non-hydrogen) atoms. The van der Waals surface area contributed by atoms with Crippen LogP contribution in [0.25, 0.3) is 0 Å². The molecule has 0 bridgehead atoms. The first-order chi connectivity index (χ1) is 12.3. The van der Waals surface area contributed by atoms with Crippen molar-refractivity contribution in [3.05, 3.63) is 18.5 Å². The lowest BCUT2D eigenvalue weighted by atomic mass is 10.3. The normalized spacial score (nSPS) is 15.5. The van der Waals surface area contributed by atoms with Crippen LogP contribution in [0.2, 0.25) is 0 Å². The largest absolute Gasteiger partial charge is 0.380 e. The fourth-order valence-electron chi connectivity index (χ4n) is 2.66. The highest BCUT2D eigenvalue weighted by Crippen LogP contribution is 2.09. The van der Waals surface area contributed by atoms with Gasteiger partial charge >= 0.3 is 0 Å². The summed E-state index contributed by atoms with van der Waals surface area (Å²) >= 11 is 0. The van der Waals surface area contributed by atoms with Crippen molar-refractivity contribution in [2.75, 3.05) is 70.5 Å². The Morgan fingerprint density at radius 2 is 1.88 bits per heavy atom. The molecule has 1 aliphatic rings. The molecule has 1 aromatic rings. The lowest BCUT2D eigenvalue weighted by Crippen LogP contribution is -2.48. The van der Waals surface area contributed by atoms with Gasteiger partial charge in [-0.2, -0.15) is 0 Å². The number of halogens is 1. The van der Waals surface area contributed by atoms with Gasteiger partial charge in [0.05, 0.1) is 13.2 Å². The third-order valence-electron chi connectivity index (χ3n) is 3.98. The zero-order valence-corrected chi connectivity index (χ0v) is 18.2. The van der Waals surface area contributed by atoms with Crippen molar-refractivity contribution < 1.29 is 4.74 Å². The van der Waals surface area contributed by atoms with Crippen LogP contribution in [0, 0.1) is 0 Å². The van der Waals surface area contributed by atoms with Crippen molar-refractivity contribution in [2.45, 2.75) is 13.8 Å². The Hall–Kier alpha value is -1.20. The molecule has 1 aliphatic heterocycles. The van der Waals surface area contributed by atoms with Gasteiger partial charge in [-0.3, -0.25) is 9.89 Å². The van der Waals surface area contributed by atoms with Crippen LogP contribution in [0.5, 0.6) is 0 Å². The van der Waals surface area contributed by atoms with Crippen LogP contribution in [0.4, 0.5) is 5.95 Å². The predicted molar refractivity (Wildman–Crippen MR) is 117 cm³/mol. The quantitative estimate of drug-likeness (QED) is 0.236. The number of hydrogen-bond donors (Lipinski definition) is 2. The molecule has 8 nitrogen and oxygen atoms in total. The first-order valence-corrected chi connectivity index (χ1v) is 9.17. The van der Waals surface area contributed by atoms with E-state index in [0.29, 0.717) is 6.61 Å². The summed E-state index contributed by atoms with van der Waals surface area (Å²) in [6.45, 7) is 12.8. The molecule has 0 saturated carbocycles. The molecule has 2 heterocycles. The molecule has 0 aromatic carbocycles. The number of piperazine rings is 1. The number of guanidine groups is 1. The molecule has 0 radical (unpaired) electrons. The first-order valence-electron chi connectivity index (χ1n) is 9.17. The van der Waals surface area contributed by atoms with Crippen LogP contribution in [0.1, 0.15) is 13.8 Å². The molecule has 1 saturated heterocycles. The van der Waals surface area contributed by atoms with Crippen LogP contribution in [-0.4, -0.2) is 86.4 Å². The van der Waals surface area contributed by atoms with Gasteiger partial charge in [-0.05, 0) is 19.9 Å². The molecule has 0 unspecified atom stereocenters. The molecule has 1 fully saturated rings. The summed E-state index contributed by atoms with van der Waals surface area (Å²) < 4.78 is 5.34. The van der Waals surface area contributed by atoms with Gasteiger partial charge < -0.3 is 20.3 Å². The Balaban J connectivity index is 0.00000338. The second-order valence-electron chi connectivity index (χ2n) is 5.76. The van der Waals surface area contributed by atoms with E-state index in [1.165, 1.54) is 0 Å². The average Bonchev–Trinajstić information content (AvgIpc) is 2.66. The second kappa shape index (κ2) is 13.9. The molecule has 0 atom stereocenters. The van der Waals surface area contributed by atoms with E-state index in [0.717, 1.165) is 70.9 Å². The molecule has 0 spiro atoms. The Labute approximate surface area is 173 Å². The number of nitrogens with one attached hydrogen (secondary N) is 2. The summed E-state index contributed by atoms with van der Waals surface area (Å²) in [6, 6.07) is 1.85. The van der Waals surface area contributed by atoms with Crippen LogP contribution in [0.3, 0.4) is 0 Å². The SMILES string of the molecule is CCNC(=NCCN1CCN(c2ncccn2)CC1)NCCOCC.I. The van der Waals surface area contributed by atoms with Crippen molar-refractivity contribution in [3.8, 4) is 0 Å². The smallest absolute Gasteiger partial charge is 0.225 e. The van der Waals surface area contributed by atoms with Crippen LogP contribution >= 0.6 is 24.0 Å². The molecule has 2 rings (SSSR count). The molecule has 9 heteroatoms. The number of aromatic nitrogens is 2. The summed E-state index contributed by atoms with van der Waals surface area (Å²) in [4.78, 5) is 18.0. The molecule has 0 aliphatic carbocycles. The van der Waals surface area contributed by atoms with Gasteiger partial charge in [0.2, 0.25) is 5.95 Å². The second-order valence-corrected chi connectivity index (χ2v) is 5.76. The lowest BCUT2D eigenvalue weighted by Gasteiger charge is -2.34. The molecule has 148 valence electrons. The van der Waals surface area contributed by atoms with Gasteiger partial charge in [0.15, 0.2) is 5.96 Å². The Morgan fingerprint density at radius 1 is 1.15 bits per heavy atom. The van der Waals surface area contributed by atoms with Crippen molar-refractivity contribution >= 4 is 35.9 Å². The van der Waals surface area contributed by atoms with Crippen LogP contribution in [-0.2, 0) is 4.74 Å². The number of ether oxygens (including phenoxy) is 1. The van der Waals surface area contributed by atoms with Gasteiger partial charge in [-0.15, -0.1) is 24.0 Å². The zero-order chi connectivity index (χ0) is 17.7. The number of nitrogens with zero attached hydrogens (tertiary/aromatic N) is 5. The van der Waals surface area contributed by atoms with E-state index in [-0.39, 0.29) is 24.0 Å². The van der Waals surface area contributed by atoms with Gasteiger partial charge in [0, 0.05) is 64.8 Å². The lowest BCUT2D eigenvalue weighted by molar-refractivity contribution is 0.152. The Kier molecular flexibility index (Phi) is 12.2. The maximum Gasteiger partial charge on any atom is 0.225 e. The third kappa shape index (κ3) is 8.45. The van der Waals surface area contributed by atoms with Crippen LogP contribution < -0.4 is 15.5 Å². The fourth-order valence-corrected chi connectivity index (χ4v) is 2.66. The standard InChI is InChI=1S/C17H31N7O.HI/c1-3-18-16(20-9-15-25-4-2)19-8-10-23-11-13-24(14-12-23)17-21-6-5-7-22-17;/h5-7H,3-4,8-15H2,1-2H3,(H2,18,19,20);1H. The number of hydrogen-bond acceptors (Lipinski definition) is 6. The summed E-state index contributed by atoms with van der Waals surface area (Å²) in [5.74, 6) is 1.69. The number of aliphatic imine (C=N–C) groups is 1. The highest BCUT2D eigenvalue weighted by molar-refractivity contribution is 14.0. The number of rotatable bonds is 9. The van der Waals surface area contributed by atoms with E-state index >= 15 is 0 Å². The highest BCUT2D eigenvalue weighted by atomic mass is 127. The highest BCUT2D eigenvalue weighted by Gasteiger charge is 2.18. The molecule has 2 N–H and O–H groups in total. The maximum atomic E-state index is 5.34. The zero-order valence-electron chi connectivity index (χ0n) is 15.9. The minimum absolute atomic E-state index is 0. The topological polar surface area (TPSA) is 77.9 Å². The summed E-state index contributed by atoms with van der Waals surface area (Å²) in [5.41, 5.74) is 0. The molecule has 1 aromatic heterocycles. The van der Waals surface area contributed by atoms with Gasteiger partial charge in [-0.1, -0.05) is 0 Å². The predicted octanol–water partition coefficient (Wildman–Crippen LogP) is 0.808. The van der Waals surface area contributed by atoms with Crippen molar-refractivity contribution in [3.63, 3.8) is 0 Å². The first kappa shape index (κ1) is 22.8. The van der Waals surface area contributed by atoms with E-state index in [9.17, 15) is 0 Å². The van der Waals surface area contributed by atoms with Crippen molar-refractivity contribution in [1.82, 2.24) is 25.5 Å². The summed E-state index contributed by atoms with van der Waals surface area (Å²) in [5, 5.41) is 6.56. The molecular weight excluding hydrogens is 445 g/mol. The molecule has 0 amide bonds. The van der Waals surface area contributed by atoms with Crippen LogP contribution in [0.15, 0.2) is 23.5 Å².